The molecule has 0 aromatic heterocycles. The molecule has 1 aromatic carbocycles. The third-order valence-electron chi connectivity index (χ3n) is 3.25. The van der Waals surface area contributed by atoms with Crippen molar-refractivity contribution in [2.75, 3.05) is 10.6 Å². The first-order valence-electron chi connectivity index (χ1n) is 6.82. The van der Waals surface area contributed by atoms with Crippen LogP contribution in [0.5, 0.6) is 0 Å². The monoisotopic (exact) mass is 334 g/mol. The molecular formula is C14H20F2N2O3S. The molecule has 0 spiro atoms. The Kier molecular flexibility index (Phi) is 5.87. The fourth-order valence-corrected chi connectivity index (χ4v) is 3.06. The molecular weight excluding hydrogens is 314 g/mol. The van der Waals surface area contributed by atoms with Crippen molar-refractivity contribution in [3.05, 3.63) is 29.8 Å². The molecule has 0 aliphatic carbocycles. The topological polar surface area (TPSA) is 66.5 Å². The number of hydrogen-bond acceptors (Lipinski definition) is 3. The first kappa shape index (κ1) is 18.3. The number of carbonyl (C=O) groups excluding carboxylic acids is 1. The molecule has 1 aromatic rings. The molecule has 0 saturated heterocycles. The molecule has 1 amide bonds. The van der Waals surface area contributed by atoms with Gasteiger partial charge in [0.05, 0.1) is 11.9 Å². The SMILES string of the molecule is CC[C@@H](C)NC(=O)[C@H](C)N(c1ccc(F)c(F)c1)S(C)(=O)=O. The Morgan fingerprint density at radius 3 is 2.32 bits per heavy atom. The van der Waals surface area contributed by atoms with Crippen molar-refractivity contribution in [1.82, 2.24) is 5.32 Å². The number of anilines is 1. The van der Waals surface area contributed by atoms with Crippen LogP contribution in [0, 0.1) is 11.6 Å². The van der Waals surface area contributed by atoms with Crippen molar-refractivity contribution in [3.8, 4) is 0 Å². The average Bonchev–Trinajstić information content (AvgIpc) is 2.41. The van der Waals surface area contributed by atoms with E-state index in [1.807, 2.05) is 6.92 Å². The van der Waals surface area contributed by atoms with Gasteiger partial charge >= 0.3 is 0 Å². The highest BCUT2D eigenvalue weighted by atomic mass is 32.2. The van der Waals surface area contributed by atoms with Gasteiger partial charge in [-0.25, -0.2) is 17.2 Å². The van der Waals surface area contributed by atoms with Crippen LogP contribution in [-0.4, -0.2) is 32.7 Å². The number of carbonyl (C=O) groups is 1. The molecule has 0 aliphatic heterocycles. The van der Waals surface area contributed by atoms with E-state index in [1.165, 1.54) is 6.92 Å². The van der Waals surface area contributed by atoms with Gasteiger partial charge in [-0.2, -0.15) is 0 Å². The summed E-state index contributed by atoms with van der Waals surface area (Å²) < 4.78 is 51.1. The first-order chi connectivity index (χ1) is 10.1. The number of nitrogens with one attached hydrogen (secondary N) is 1. The van der Waals surface area contributed by atoms with E-state index in [2.05, 4.69) is 5.32 Å². The predicted molar refractivity (Wildman–Crippen MR) is 81.0 cm³/mol. The summed E-state index contributed by atoms with van der Waals surface area (Å²) in [7, 11) is -3.85. The van der Waals surface area contributed by atoms with Crippen molar-refractivity contribution in [1.29, 1.82) is 0 Å². The van der Waals surface area contributed by atoms with E-state index in [4.69, 9.17) is 0 Å². The second-order valence-electron chi connectivity index (χ2n) is 5.15. The Balaban J connectivity index is 3.19. The molecule has 1 rings (SSSR count). The minimum absolute atomic E-state index is 0.104. The number of rotatable bonds is 6. The standard InChI is InChI=1S/C14H20F2N2O3S/c1-5-9(2)17-14(19)10(3)18(22(4,20)21)11-6-7-12(15)13(16)8-11/h6-10H,5H2,1-4H3,(H,17,19)/t9-,10+/m1/s1. The van der Waals surface area contributed by atoms with E-state index < -0.39 is 33.6 Å². The summed E-state index contributed by atoms with van der Waals surface area (Å²) in [5.74, 6) is -2.78. The van der Waals surface area contributed by atoms with Crippen LogP contribution in [0.25, 0.3) is 0 Å². The van der Waals surface area contributed by atoms with E-state index in [-0.39, 0.29) is 11.7 Å². The fourth-order valence-electron chi connectivity index (χ4n) is 1.90. The minimum Gasteiger partial charge on any atom is -0.352 e. The molecule has 2 atom stereocenters. The number of halogens is 2. The highest BCUT2D eigenvalue weighted by Crippen LogP contribution is 2.23. The van der Waals surface area contributed by atoms with Gasteiger partial charge in [-0.15, -0.1) is 0 Å². The molecule has 8 heteroatoms. The van der Waals surface area contributed by atoms with Crippen LogP contribution in [0.1, 0.15) is 27.2 Å². The molecule has 0 unspecified atom stereocenters. The molecule has 0 aliphatic rings. The van der Waals surface area contributed by atoms with E-state index in [9.17, 15) is 22.0 Å². The lowest BCUT2D eigenvalue weighted by molar-refractivity contribution is -0.122. The minimum atomic E-state index is -3.85. The largest absolute Gasteiger partial charge is 0.352 e. The number of amides is 1. The maximum atomic E-state index is 13.4. The van der Waals surface area contributed by atoms with Crippen LogP contribution in [0.4, 0.5) is 14.5 Å². The van der Waals surface area contributed by atoms with E-state index in [0.29, 0.717) is 6.42 Å². The quantitative estimate of drug-likeness (QED) is 0.866. The summed E-state index contributed by atoms with van der Waals surface area (Å²) in [4.78, 5) is 12.1. The summed E-state index contributed by atoms with van der Waals surface area (Å²) >= 11 is 0. The molecule has 1 N–H and O–H groups in total. The van der Waals surface area contributed by atoms with Crippen molar-refractivity contribution in [3.63, 3.8) is 0 Å². The lowest BCUT2D eigenvalue weighted by Crippen LogP contribution is -2.49. The van der Waals surface area contributed by atoms with Gasteiger partial charge in [0.25, 0.3) is 0 Å². The summed E-state index contributed by atoms with van der Waals surface area (Å²) in [6, 6.07) is 1.48. The van der Waals surface area contributed by atoms with E-state index >= 15 is 0 Å². The number of benzene rings is 1. The lowest BCUT2D eigenvalue weighted by Gasteiger charge is -2.29. The van der Waals surface area contributed by atoms with Crippen LogP contribution >= 0.6 is 0 Å². The number of nitrogens with zero attached hydrogens (tertiary/aromatic N) is 1. The zero-order valence-electron chi connectivity index (χ0n) is 12.9. The Labute approximate surface area is 129 Å². The van der Waals surface area contributed by atoms with Crippen LogP contribution < -0.4 is 9.62 Å². The maximum absolute atomic E-state index is 13.4. The van der Waals surface area contributed by atoms with Gasteiger partial charge in [-0.05, 0) is 32.4 Å². The van der Waals surface area contributed by atoms with Crippen molar-refractivity contribution >= 4 is 21.6 Å². The van der Waals surface area contributed by atoms with Gasteiger partial charge in [0.2, 0.25) is 15.9 Å². The van der Waals surface area contributed by atoms with Crippen LogP contribution in [0.3, 0.4) is 0 Å². The van der Waals surface area contributed by atoms with Crippen molar-refractivity contribution in [2.24, 2.45) is 0 Å². The van der Waals surface area contributed by atoms with Gasteiger partial charge in [0.15, 0.2) is 11.6 Å². The van der Waals surface area contributed by atoms with Gasteiger partial charge in [0, 0.05) is 12.1 Å². The third kappa shape index (κ3) is 4.40. The Morgan fingerprint density at radius 2 is 1.86 bits per heavy atom. The molecule has 124 valence electrons. The molecule has 22 heavy (non-hydrogen) atoms. The number of hydrogen-bond donors (Lipinski definition) is 1. The van der Waals surface area contributed by atoms with Crippen LogP contribution in [0.2, 0.25) is 0 Å². The normalized spacial score (nSPS) is 14.3. The van der Waals surface area contributed by atoms with Gasteiger partial charge in [-0.3, -0.25) is 9.10 Å². The Morgan fingerprint density at radius 1 is 1.27 bits per heavy atom. The Bertz CT molecular complexity index is 649. The predicted octanol–water partition coefficient (Wildman–Crippen LogP) is 2.03. The first-order valence-corrected chi connectivity index (χ1v) is 8.67. The van der Waals surface area contributed by atoms with E-state index in [0.717, 1.165) is 28.8 Å². The summed E-state index contributed by atoms with van der Waals surface area (Å²) in [6.45, 7) is 5.05. The molecule has 0 fully saturated rings. The molecule has 0 saturated carbocycles. The summed E-state index contributed by atoms with van der Waals surface area (Å²) in [5, 5.41) is 2.66. The smallest absolute Gasteiger partial charge is 0.243 e. The molecule has 0 bridgehead atoms. The second-order valence-corrected chi connectivity index (χ2v) is 7.01. The van der Waals surface area contributed by atoms with Crippen LogP contribution in [-0.2, 0) is 14.8 Å². The van der Waals surface area contributed by atoms with Gasteiger partial charge in [0.1, 0.15) is 6.04 Å². The van der Waals surface area contributed by atoms with Crippen LogP contribution in [0.15, 0.2) is 18.2 Å². The molecule has 5 nitrogen and oxygen atoms in total. The van der Waals surface area contributed by atoms with Crippen molar-refractivity contribution in [2.45, 2.75) is 39.3 Å². The van der Waals surface area contributed by atoms with Crippen molar-refractivity contribution < 1.29 is 22.0 Å². The van der Waals surface area contributed by atoms with Gasteiger partial charge < -0.3 is 5.32 Å². The summed E-state index contributed by atoms with van der Waals surface area (Å²) in [6.07, 6.45) is 1.59. The Hall–Kier alpha value is -1.70. The maximum Gasteiger partial charge on any atom is 0.243 e. The molecule has 0 radical (unpaired) electrons. The number of sulfonamides is 1. The average molecular weight is 334 g/mol. The lowest BCUT2D eigenvalue weighted by atomic mass is 10.2. The molecule has 0 heterocycles. The zero-order valence-corrected chi connectivity index (χ0v) is 13.7. The van der Waals surface area contributed by atoms with Gasteiger partial charge in [-0.1, -0.05) is 6.92 Å². The summed E-state index contributed by atoms with van der Waals surface area (Å²) in [5.41, 5.74) is -0.104. The zero-order chi connectivity index (χ0) is 17.1. The second kappa shape index (κ2) is 7.04. The fraction of sp³-hybridized carbons (Fsp3) is 0.500. The highest BCUT2D eigenvalue weighted by Gasteiger charge is 2.30. The van der Waals surface area contributed by atoms with E-state index in [1.54, 1.807) is 6.92 Å². The third-order valence-corrected chi connectivity index (χ3v) is 4.49. The highest BCUT2D eigenvalue weighted by molar-refractivity contribution is 7.92.